The van der Waals surface area contributed by atoms with Crippen LogP contribution in [0.4, 0.5) is 5.69 Å². The molecule has 0 unspecified atom stereocenters. The summed E-state index contributed by atoms with van der Waals surface area (Å²) in [5.74, 6) is 0. The van der Waals surface area contributed by atoms with E-state index in [1.807, 2.05) is 19.1 Å². The van der Waals surface area contributed by atoms with Gasteiger partial charge < -0.3 is 10.3 Å². The Balaban J connectivity index is 0.00000220. The molecule has 1 heterocycles. The van der Waals surface area contributed by atoms with Crippen molar-refractivity contribution in [2.45, 2.75) is 24.9 Å². The van der Waals surface area contributed by atoms with E-state index in [1.54, 1.807) is 16.7 Å². The lowest BCUT2D eigenvalue weighted by Gasteiger charge is -2.05. The van der Waals surface area contributed by atoms with Crippen molar-refractivity contribution < 1.29 is 8.42 Å². The van der Waals surface area contributed by atoms with Crippen LogP contribution in [-0.2, 0) is 23.0 Å². The molecule has 21 heavy (non-hydrogen) atoms. The number of nitrogens with one attached hydrogen (secondary N) is 1. The van der Waals surface area contributed by atoms with Crippen LogP contribution in [-0.4, -0.2) is 24.5 Å². The van der Waals surface area contributed by atoms with Crippen LogP contribution in [0.15, 0.2) is 41.8 Å². The number of hydrogen-bond donors (Lipinski definition) is 2. The molecule has 0 spiro atoms. The minimum atomic E-state index is -3.53. The predicted octanol–water partition coefficient (Wildman–Crippen LogP) is 1.43. The molecular formula is C13H19ClN4O2S. The number of anilines is 1. The number of aryl methyl sites for hydroxylation is 1. The second kappa shape index (κ2) is 7.44. The quantitative estimate of drug-likeness (QED) is 0.784. The molecule has 0 saturated carbocycles. The van der Waals surface area contributed by atoms with Crippen LogP contribution in [0.5, 0.6) is 0 Å². The number of rotatable bonds is 6. The SMILES string of the molecule is CCn1cnc(S(=O)(=O)NCCc2ccc(N)cc2)c1.Cl. The number of halogens is 1. The molecular weight excluding hydrogens is 312 g/mol. The van der Waals surface area contributed by atoms with Crippen molar-refractivity contribution in [3.63, 3.8) is 0 Å². The fourth-order valence-electron chi connectivity index (χ4n) is 1.74. The summed E-state index contributed by atoms with van der Waals surface area (Å²) in [5, 5.41) is 0.0525. The molecule has 0 fully saturated rings. The molecule has 2 aromatic rings. The van der Waals surface area contributed by atoms with E-state index in [0.717, 1.165) is 5.56 Å². The van der Waals surface area contributed by atoms with Gasteiger partial charge in [-0.3, -0.25) is 0 Å². The van der Waals surface area contributed by atoms with Crippen LogP contribution < -0.4 is 10.5 Å². The third-order valence-corrected chi connectivity index (χ3v) is 4.28. The van der Waals surface area contributed by atoms with Gasteiger partial charge in [0.25, 0.3) is 10.0 Å². The fraction of sp³-hybridized carbons (Fsp3) is 0.308. The number of nitrogens with zero attached hydrogens (tertiary/aromatic N) is 2. The van der Waals surface area contributed by atoms with Gasteiger partial charge in [0, 0.05) is 25.0 Å². The summed E-state index contributed by atoms with van der Waals surface area (Å²) in [5.41, 5.74) is 7.32. The molecule has 0 amide bonds. The highest BCUT2D eigenvalue weighted by Crippen LogP contribution is 2.07. The number of sulfonamides is 1. The van der Waals surface area contributed by atoms with Gasteiger partial charge in [0.15, 0.2) is 5.03 Å². The number of imidazole rings is 1. The number of hydrogen-bond acceptors (Lipinski definition) is 4. The van der Waals surface area contributed by atoms with Crippen LogP contribution in [0.1, 0.15) is 12.5 Å². The Morgan fingerprint density at radius 1 is 1.29 bits per heavy atom. The molecule has 0 aliphatic rings. The number of benzene rings is 1. The highest BCUT2D eigenvalue weighted by Gasteiger charge is 2.16. The minimum absolute atomic E-state index is 0. The van der Waals surface area contributed by atoms with Crippen LogP contribution in [0.3, 0.4) is 0 Å². The van der Waals surface area contributed by atoms with Crippen molar-refractivity contribution in [1.82, 2.24) is 14.3 Å². The third-order valence-electron chi connectivity index (χ3n) is 2.94. The van der Waals surface area contributed by atoms with Crippen LogP contribution in [0, 0.1) is 0 Å². The van der Waals surface area contributed by atoms with E-state index >= 15 is 0 Å². The van der Waals surface area contributed by atoms with Crippen LogP contribution in [0.25, 0.3) is 0 Å². The van der Waals surface area contributed by atoms with Gasteiger partial charge >= 0.3 is 0 Å². The second-order valence-electron chi connectivity index (χ2n) is 4.43. The van der Waals surface area contributed by atoms with Gasteiger partial charge in [-0.05, 0) is 31.0 Å². The van der Waals surface area contributed by atoms with E-state index in [4.69, 9.17) is 5.73 Å². The van der Waals surface area contributed by atoms with Gasteiger partial charge in [-0.2, -0.15) is 0 Å². The maximum atomic E-state index is 12.0. The number of nitrogens with two attached hydrogens (primary N) is 1. The van der Waals surface area contributed by atoms with Gasteiger partial charge in [-0.1, -0.05) is 12.1 Å². The summed E-state index contributed by atoms with van der Waals surface area (Å²) < 4.78 is 28.3. The van der Waals surface area contributed by atoms with E-state index in [9.17, 15) is 8.42 Å². The van der Waals surface area contributed by atoms with Gasteiger partial charge in [-0.25, -0.2) is 18.1 Å². The summed E-state index contributed by atoms with van der Waals surface area (Å²) in [6.45, 7) is 2.94. The number of nitrogen functional groups attached to an aromatic ring is 1. The lowest BCUT2D eigenvalue weighted by atomic mass is 10.1. The fourth-order valence-corrected chi connectivity index (χ4v) is 2.72. The van der Waals surface area contributed by atoms with Crippen molar-refractivity contribution in [2.75, 3.05) is 12.3 Å². The molecule has 1 aromatic carbocycles. The molecule has 3 N–H and O–H groups in total. The Hall–Kier alpha value is -1.57. The first-order valence-corrected chi connectivity index (χ1v) is 7.85. The Labute approximate surface area is 130 Å². The zero-order chi connectivity index (χ0) is 14.6. The minimum Gasteiger partial charge on any atom is -0.399 e. The summed E-state index contributed by atoms with van der Waals surface area (Å²) in [6.07, 6.45) is 3.63. The van der Waals surface area contributed by atoms with E-state index in [-0.39, 0.29) is 17.4 Å². The van der Waals surface area contributed by atoms with E-state index in [2.05, 4.69) is 9.71 Å². The van der Waals surface area contributed by atoms with Gasteiger partial charge in [0.05, 0.1) is 6.33 Å². The van der Waals surface area contributed by atoms with Crippen molar-refractivity contribution >= 4 is 28.1 Å². The molecule has 0 radical (unpaired) electrons. The average molecular weight is 331 g/mol. The van der Waals surface area contributed by atoms with Gasteiger partial charge in [0.1, 0.15) is 0 Å². The summed E-state index contributed by atoms with van der Waals surface area (Å²) in [7, 11) is -3.53. The predicted molar refractivity (Wildman–Crippen MR) is 84.9 cm³/mol. The molecule has 8 heteroatoms. The Kier molecular flexibility index (Phi) is 6.19. The van der Waals surface area contributed by atoms with Crippen molar-refractivity contribution in [2.24, 2.45) is 0 Å². The largest absolute Gasteiger partial charge is 0.399 e. The molecule has 0 aliphatic carbocycles. The molecule has 0 saturated heterocycles. The highest BCUT2D eigenvalue weighted by atomic mass is 35.5. The molecule has 6 nitrogen and oxygen atoms in total. The zero-order valence-corrected chi connectivity index (χ0v) is 13.3. The Morgan fingerprint density at radius 2 is 1.95 bits per heavy atom. The highest BCUT2D eigenvalue weighted by molar-refractivity contribution is 7.89. The standard InChI is InChI=1S/C13H18N4O2S.ClH/c1-2-17-9-13(15-10-17)20(18,19)16-8-7-11-3-5-12(14)6-4-11;/h3-6,9-10,16H,2,7-8,14H2,1H3;1H. The first-order chi connectivity index (χ1) is 9.51. The van der Waals surface area contributed by atoms with E-state index in [0.29, 0.717) is 25.2 Å². The first-order valence-electron chi connectivity index (χ1n) is 6.37. The molecule has 1 aromatic heterocycles. The normalized spacial score (nSPS) is 11.1. The molecule has 0 atom stereocenters. The summed E-state index contributed by atoms with van der Waals surface area (Å²) >= 11 is 0. The lowest BCUT2D eigenvalue weighted by Crippen LogP contribution is -2.26. The first kappa shape index (κ1) is 17.5. The smallest absolute Gasteiger partial charge is 0.259 e. The van der Waals surface area contributed by atoms with Gasteiger partial charge in [0.2, 0.25) is 0 Å². The molecule has 0 bridgehead atoms. The van der Waals surface area contributed by atoms with Crippen molar-refractivity contribution in [1.29, 1.82) is 0 Å². The molecule has 2 rings (SSSR count). The number of aromatic nitrogens is 2. The summed E-state index contributed by atoms with van der Waals surface area (Å²) in [4.78, 5) is 3.89. The zero-order valence-electron chi connectivity index (χ0n) is 11.7. The Morgan fingerprint density at radius 3 is 2.52 bits per heavy atom. The van der Waals surface area contributed by atoms with Crippen molar-refractivity contribution in [3.05, 3.63) is 42.4 Å². The van der Waals surface area contributed by atoms with E-state index in [1.165, 1.54) is 12.5 Å². The second-order valence-corrected chi connectivity index (χ2v) is 6.15. The van der Waals surface area contributed by atoms with Gasteiger partial charge in [-0.15, -0.1) is 12.4 Å². The summed E-state index contributed by atoms with van der Waals surface area (Å²) in [6, 6.07) is 7.37. The maximum Gasteiger partial charge on any atom is 0.259 e. The van der Waals surface area contributed by atoms with Crippen LogP contribution in [0.2, 0.25) is 0 Å². The van der Waals surface area contributed by atoms with Crippen molar-refractivity contribution in [3.8, 4) is 0 Å². The monoisotopic (exact) mass is 330 g/mol. The van der Waals surface area contributed by atoms with Crippen LogP contribution >= 0.6 is 12.4 Å². The molecule has 116 valence electrons. The van der Waals surface area contributed by atoms with E-state index < -0.39 is 10.0 Å². The maximum absolute atomic E-state index is 12.0. The topological polar surface area (TPSA) is 90.0 Å². The molecule has 0 aliphatic heterocycles. The average Bonchev–Trinajstić information content (AvgIpc) is 2.90. The third kappa shape index (κ3) is 4.73. The lowest BCUT2D eigenvalue weighted by molar-refractivity contribution is 0.578. The Bertz CT molecular complexity index is 668.